The Kier molecular flexibility index (Phi) is 5.00. The Morgan fingerprint density at radius 1 is 1.44 bits per heavy atom. The molecule has 1 saturated heterocycles. The van der Waals surface area contributed by atoms with E-state index in [-0.39, 0.29) is 18.5 Å². The number of nitriles is 1. The molecule has 3 rings (SSSR count). The number of nitrogens with one attached hydrogen (secondary N) is 2. The van der Waals surface area contributed by atoms with Gasteiger partial charge < -0.3 is 16.0 Å². The molecule has 0 bridgehead atoms. The number of para-hydroxylation sites is 1. The molecule has 0 spiro atoms. The van der Waals surface area contributed by atoms with Crippen LogP contribution in [0.4, 0.5) is 0 Å². The number of aromatic amines is 1. The van der Waals surface area contributed by atoms with Gasteiger partial charge in [0.05, 0.1) is 18.7 Å². The molecule has 7 heteroatoms. The van der Waals surface area contributed by atoms with Crippen molar-refractivity contribution in [3.05, 3.63) is 36.0 Å². The van der Waals surface area contributed by atoms with Crippen LogP contribution >= 0.6 is 0 Å². The van der Waals surface area contributed by atoms with Gasteiger partial charge in [-0.1, -0.05) is 18.2 Å². The third-order valence-corrected chi connectivity index (χ3v) is 4.70. The van der Waals surface area contributed by atoms with Crippen molar-refractivity contribution in [2.45, 2.75) is 31.3 Å². The lowest BCUT2D eigenvalue weighted by Gasteiger charge is -2.23. The van der Waals surface area contributed by atoms with Crippen LogP contribution in [0.2, 0.25) is 0 Å². The van der Waals surface area contributed by atoms with Crippen LogP contribution in [0.1, 0.15) is 18.4 Å². The number of nitrogens with two attached hydrogens (primary N) is 1. The first-order chi connectivity index (χ1) is 12.1. The number of benzene rings is 1. The summed E-state index contributed by atoms with van der Waals surface area (Å²) in [6, 6.07) is 8.70. The van der Waals surface area contributed by atoms with E-state index in [0.29, 0.717) is 12.8 Å². The van der Waals surface area contributed by atoms with Crippen molar-refractivity contribution in [2.24, 2.45) is 5.73 Å². The minimum Gasteiger partial charge on any atom is -0.368 e. The molecule has 0 saturated carbocycles. The Morgan fingerprint density at radius 3 is 3.00 bits per heavy atom. The maximum Gasteiger partial charge on any atom is 0.240 e. The summed E-state index contributed by atoms with van der Waals surface area (Å²) in [5, 5.41) is 12.6. The average Bonchev–Trinajstić information content (AvgIpc) is 3.22. The first-order valence-corrected chi connectivity index (χ1v) is 8.36. The van der Waals surface area contributed by atoms with Gasteiger partial charge in [-0.2, -0.15) is 5.26 Å². The number of amides is 2. The molecule has 1 aliphatic rings. The lowest BCUT2D eigenvalue weighted by atomic mass is 10.0. The first kappa shape index (κ1) is 17.0. The molecule has 1 aromatic carbocycles. The van der Waals surface area contributed by atoms with Crippen LogP contribution < -0.4 is 11.1 Å². The molecule has 2 unspecified atom stereocenters. The predicted molar refractivity (Wildman–Crippen MR) is 93.3 cm³/mol. The second-order valence-electron chi connectivity index (χ2n) is 6.31. The number of likely N-dealkylation sites (tertiary alicyclic amines) is 1. The summed E-state index contributed by atoms with van der Waals surface area (Å²) >= 11 is 0. The van der Waals surface area contributed by atoms with E-state index in [1.807, 2.05) is 35.4 Å². The fourth-order valence-corrected chi connectivity index (χ4v) is 3.41. The highest BCUT2D eigenvalue weighted by Crippen LogP contribution is 2.20. The highest BCUT2D eigenvalue weighted by atomic mass is 16.2. The minimum absolute atomic E-state index is 0.210. The topological polar surface area (TPSA) is 115 Å². The summed E-state index contributed by atoms with van der Waals surface area (Å²) in [7, 11) is 0. The summed E-state index contributed by atoms with van der Waals surface area (Å²) < 4.78 is 0. The SMILES string of the molecule is N#CCN1CCCC1C(=O)NC(Cc1c[nH]c2ccccc12)C(N)=O. The molecule has 4 N–H and O–H groups in total. The fraction of sp³-hybridized carbons (Fsp3) is 0.389. The monoisotopic (exact) mass is 339 g/mol. The predicted octanol–water partition coefficient (Wildman–Crippen LogP) is 0.668. The molecule has 0 aliphatic carbocycles. The van der Waals surface area contributed by atoms with Crippen molar-refractivity contribution in [3.63, 3.8) is 0 Å². The van der Waals surface area contributed by atoms with Gasteiger partial charge in [-0.3, -0.25) is 14.5 Å². The summed E-state index contributed by atoms with van der Waals surface area (Å²) in [5.74, 6) is -0.806. The normalized spacial score (nSPS) is 18.8. The molecule has 2 atom stereocenters. The molecular formula is C18H21N5O2. The Balaban J connectivity index is 1.72. The van der Waals surface area contributed by atoms with E-state index in [4.69, 9.17) is 11.0 Å². The molecule has 2 aromatic rings. The second kappa shape index (κ2) is 7.36. The number of rotatable bonds is 6. The summed E-state index contributed by atoms with van der Waals surface area (Å²) in [6.45, 7) is 0.928. The number of carbonyl (C=O) groups excluding carboxylic acids is 2. The van der Waals surface area contributed by atoms with Gasteiger partial charge in [0.25, 0.3) is 0 Å². The highest BCUT2D eigenvalue weighted by molar-refractivity contribution is 5.90. The van der Waals surface area contributed by atoms with Crippen LogP contribution in [0.5, 0.6) is 0 Å². The number of fused-ring (bicyclic) bond motifs is 1. The zero-order valence-corrected chi connectivity index (χ0v) is 13.9. The number of nitrogens with zero attached hydrogens (tertiary/aromatic N) is 2. The van der Waals surface area contributed by atoms with E-state index < -0.39 is 11.9 Å². The highest BCUT2D eigenvalue weighted by Gasteiger charge is 2.32. The van der Waals surface area contributed by atoms with Gasteiger partial charge in [-0.15, -0.1) is 0 Å². The minimum atomic E-state index is -0.781. The molecule has 1 fully saturated rings. The lowest BCUT2D eigenvalue weighted by Crippen LogP contribution is -2.52. The lowest BCUT2D eigenvalue weighted by molar-refractivity contribution is -0.130. The van der Waals surface area contributed by atoms with Crippen LogP contribution in [-0.2, 0) is 16.0 Å². The second-order valence-corrected chi connectivity index (χ2v) is 6.31. The number of carbonyl (C=O) groups is 2. The molecule has 1 aromatic heterocycles. The quantitative estimate of drug-likeness (QED) is 0.671. The molecule has 0 radical (unpaired) electrons. The summed E-state index contributed by atoms with van der Waals surface area (Å²) in [6.07, 6.45) is 3.72. The number of H-pyrrole nitrogens is 1. The average molecular weight is 339 g/mol. The van der Waals surface area contributed by atoms with Crippen molar-refractivity contribution < 1.29 is 9.59 Å². The number of hydrogen-bond acceptors (Lipinski definition) is 4. The molecule has 2 heterocycles. The summed E-state index contributed by atoms with van der Waals surface area (Å²) in [4.78, 5) is 29.4. The van der Waals surface area contributed by atoms with Crippen LogP contribution in [0.25, 0.3) is 10.9 Å². The Labute approximate surface area is 145 Å². The van der Waals surface area contributed by atoms with Gasteiger partial charge in [0.1, 0.15) is 6.04 Å². The standard InChI is InChI=1S/C18H21N5O2/c19-7-9-23-8-3-6-16(23)18(25)22-15(17(20)24)10-12-11-21-14-5-2-1-4-13(12)14/h1-2,4-5,11,15-16,21H,3,6,8-10H2,(H2,20,24)(H,22,25). The third kappa shape index (κ3) is 3.64. The number of aromatic nitrogens is 1. The first-order valence-electron chi connectivity index (χ1n) is 8.36. The van der Waals surface area contributed by atoms with E-state index >= 15 is 0 Å². The van der Waals surface area contributed by atoms with Crippen LogP contribution in [0.15, 0.2) is 30.5 Å². The molecule has 2 amide bonds. The molecule has 130 valence electrons. The maximum absolute atomic E-state index is 12.6. The van der Waals surface area contributed by atoms with Crippen molar-refractivity contribution in [2.75, 3.05) is 13.1 Å². The van der Waals surface area contributed by atoms with Gasteiger partial charge >= 0.3 is 0 Å². The van der Waals surface area contributed by atoms with Crippen molar-refractivity contribution in [1.29, 1.82) is 5.26 Å². The van der Waals surface area contributed by atoms with E-state index in [9.17, 15) is 9.59 Å². The van der Waals surface area contributed by atoms with Crippen molar-refractivity contribution in [1.82, 2.24) is 15.2 Å². The molecular weight excluding hydrogens is 318 g/mol. The van der Waals surface area contributed by atoms with E-state index in [2.05, 4.69) is 16.4 Å². The van der Waals surface area contributed by atoms with E-state index in [0.717, 1.165) is 29.4 Å². The molecule has 7 nitrogen and oxygen atoms in total. The molecule has 25 heavy (non-hydrogen) atoms. The summed E-state index contributed by atoms with van der Waals surface area (Å²) in [5.41, 5.74) is 7.41. The number of primary amides is 1. The van der Waals surface area contributed by atoms with Crippen molar-refractivity contribution >= 4 is 22.7 Å². The fourth-order valence-electron chi connectivity index (χ4n) is 3.41. The smallest absolute Gasteiger partial charge is 0.240 e. The van der Waals surface area contributed by atoms with Gasteiger partial charge in [0.15, 0.2) is 0 Å². The zero-order chi connectivity index (χ0) is 17.8. The zero-order valence-electron chi connectivity index (χ0n) is 13.9. The van der Waals surface area contributed by atoms with E-state index in [1.54, 1.807) is 0 Å². The van der Waals surface area contributed by atoms with Gasteiger partial charge in [0, 0.05) is 30.1 Å². The largest absolute Gasteiger partial charge is 0.368 e. The Bertz CT molecular complexity index is 822. The van der Waals surface area contributed by atoms with E-state index in [1.165, 1.54) is 0 Å². The Hall–Kier alpha value is -2.85. The third-order valence-electron chi connectivity index (χ3n) is 4.70. The van der Waals surface area contributed by atoms with Gasteiger partial charge in [-0.25, -0.2) is 0 Å². The van der Waals surface area contributed by atoms with Crippen molar-refractivity contribution in [3.8, 4) is 6.07 Å². The number of hydrogen-bond donors (Lipinski definition) is 3. The van der Waals surface area contributed by atoms with Gasteiger partial charge in [-0.05, 0) is 24.5 Å². The Morgan fingerprint density at radius 2 is 2.24 bits per heavy atom. The van der Waals surface area contributed by atoms with Crippen LogP contribution in [0, 0.1) is 11.3 Å². The van der Waals surface area contributed by atoms with Gasteiger partial charge in [0.2, 0.25) is 11.8 Å². The van der Waals surface area contributed by atoms with Crippen LogP contribution in [0.3, 0.4) is 0 Å². The molecule has 1 aliphatic heterocycles. The maximum atomic E-state index is 12.6. The van der Waals surface area contributed by atoms with Crippen LogP contribution in [-0.4, -0.2) is 46.9 Å².